The van der Waals surface area contributed by atoms with E-state index in [-0.39, 0.29) is 0 Å². The van der Waals surface area contributed by atoms with Crippen LogP contribution in [0.2, 0.25) is 5.02 Å². The number of hydrogen-bond donors (Lipinski definition) is 2. The number of nitrogens with two attached hydrogens (primary N) is 1. The summed E-state index contributed by atoms with van der Waals surface area (Å²) >= 11 is 6.02. The van der Waals surface area contributed by atoms with Crippen molar-refractivity contribution in [3.05, 3.63) is 52.5 Å². The van der Waals surface area contributed by atoms with Crippen LogP contribution in [0.3, 0.4) is 0 Å². The molecule has 2 aromatic carbocycles. The van der Waals surface area contributed by atoms with Gasteiger partial charge in [0.25, 0.3) is 0 Å². The number of aryl methyl sites for hydroxylation is 1. The minimum atomic E-state index is 0.337. The number of aliphatic imine (C=N–C) groups is 1. The van der Waals surface area contributed by atoms with Crippen molar-refractivity contribution in [3.8, 4) is 11.5 Å². The molecule has 6 heteroatoms. The number of nitrogens with one attached hydrogen (secondary N) is 1. The second kappa shape index (κ2) is 7.45. The fourth-order valence-corrected chi connectivity index (χ4v) is 2.60. The highest BCUT2D eigenvalue weighted by molar-refractivity contribution is 6.30. The molecule has 3 N–H and O–H groups in total. The lowest BCUT2D eigenvalue weighted by Gasteiger charge is -2.11. The molecule has 0 aliphatic carbocycles. The molecule has 0 saturated heterocycles. The molecule has 0 amide bonds. The van der Waals surface area contributed by atoms with Crippen molar-refractivity contribution in [2.24, 2.45) is 10.7 Å². The quantitative estimate of drug-likeness (QED) is 0.657. The lowest BCUT2D eigenvalue weighted by Crippen LogP contribution is -2.22. The third kappa shape index (κ3) is 4.11. The first-order valence-electron chi connectivity index (χ1n) is 7.83. The van der Waals surface area contributed by atoms with E-state index in [1.54, 1.807) is 0 Å². The molecule has 1 heterocycles. The number of anilines is 1. The van der Waals surface area contributed by atoms with Gasteiger partial charge in [0.2, 0.25) is 0 Å². The van der Waals surface area contributed by atoms with Crippen LogP contribution in [-0.2, 0) is 6.54 Å². The van der Waals surface area contributed by atoms with Crippen LogP contribution in [0.5, 0.6) is 11.5 Å². The third-order valence-corrected chi connectivity index (χ3v) is 3.99. The van der Waals surface area contributed by atoms with E-state index in [2.05, 4.69) is 10.3 Å². The zero-order chi connectivity index (χ0) is 16.9. The van der Waals surface area contributed by atoms with Gasteiger partial charge in [0, 0.05) is 23.2 Å². The van der Waals surface area contributed by atoms with Crippen molar-refractivity contribution in [1.82, 2.24) is 0 Å². The SMILES string of the molecule is Cc1ccc(Cl)cc1CN=C(N)Nc1ccc2c(c1)OCCCO2. The predicted octanol–water partition coefficient (Wildman–Crippen LogP) is 3.74. The average molecular weight is 346 g/mol. The molecule has 0 unspecified atom stereocenters. The van der Waals surface area contributed by atoms with E-state index in [0.717, 1.165) is 34.7 Å². The fourth-order valence-electron chi connectivity index (χ4n) is 2.41. The maximum absolute atomic E-state index is 6.02. The summed E-state index contributed by atoms with van der Waals surface area (Å²) in [7, 11) is 0. The molecule has 0 saturated carbocycles. The van der Waals surface area contributed by atoms with Gasteiger partial charge in [-0.1, -0.05) is 17.7 Å². The van der Waals surface area contributed by atoms with Crippen molar-refractivity contribution in [2.45, 2.75) is 19.9 Å². The summed E-state index contributed by atoms with van der Waals surface area (Å²) in [5.41, 5.74) is 8.97. The van der Waals surface area contributed by atoms with E-state index in [1.807, 2.05) is 43.3 Å². The van der Waals surface area contributed by atoms with Gasteiger partial charge in [0.1, 0.15) is 0 Å². The van der Waals surface area contributed by atoms with Crippen LogP contribution in [0.25, 0.3) is 0 Å². The number of guanidine groups is 1. The molecule has 0 aromatic heterocycles. The summed E-state index contributed by atoms with van der Waals surface area (Å²) in [6.07, 6.45) is 0.875. The van der Waals surface area contributed by atoms with Crippen LogP contribution in [0.15, 0.2) is 41.4 Å². The molecule has 24 heavy (non-hydrogen) atoms. The highest BCUT2D eigenvalue weighted by atomic mass is 35.5. The monoisotopic (exact) mass is 345 g/mol. The minimum absolute atomic E-state index is 0.337. The molecule has 5 nitrogen and oxygen atoms in total. The third-order valence-electron chi connectivity index (χ3n) is 3.75. The standard InChI is InChI=1S/C18H20ClN3O2/c1-12-3-4-14(19)9-13(12)11-21-18(20)22-15-5-6-16-17(10-15)24-8-2-7-23-16/h3-6,9-10H,2,7-8,11H2,1H3,(H3,20,21,22). The van der Waals surface area contributed by atoms with Gasteiger partial charge in [-0.25, -0.2) is 4.99 Å². The number of benzene rings is 2. The molecule has 1 aliphatic heterocycles. The van der Waals surface area contributed by atoms with Gasteiger partial charge >= 0.3 is 0 Å². The highest BCUT2D eigenvalue weighted by Crippen LogP contribution is 2.32. The van der Waals surface area contributed by atoms with Crippen LogP contribution in [0.1, 0.15) is 17.5 Å². The largest absolute Gasteiger partial charge is 0.490 e. The van der Waals surface area contributed by atoms with Crippen molar-refractivity contribution in [2.75, 3.05) is 18.5 Å². The average Bonchev–Trinajstić information content (AvgIpc) is 2.80. The number of fused-ring (bicyclic) bond motifs is 1. The Hall–Kier alpha value is -2.40. The Bertz CT molecular complexity index is 762. The van der Waals surface area contributed by atoms with E-state index < -0.39 is 0 Å². The van der Waals surface area contributed by atoms with Crippen LogP contribution in [0, 0.1) is 6.92 Å². The zero-order valence-corrected chi connectivity index (χ0v) is 14.3. The summed E-state index contributed by atoms with van der Waals surface area (Å²) in [6, 6.07) is 11.4. The Morgan fingerprint density at radius 1 is 1.17 bits per heavy atom. The van der Waals surface area contributed by atoms with Crippen molar-refractivity contribution in [3.63, 3.8) is 0 Å². The molecule has 0 bridgehead atoms. The number of rotatable bonds is 3. The second-order valence-corrected chi connectivity index (χ2v) is 6.05. The lowest BCUT2D eigenvalue weighted by molar-refractivity contribution is 0.297. The Morgan fingerprint density at radius 3 is 2.79 bits per heavy atom. The number of nitrogens with zero attached hydrogens (tertiary/aromatic N) is 1. The maximum Gasteiger partial charge on any atom is 0.193 e. The normalized spacial score (nSPS) is 14.2. The van der Waals surface area contributed by atoms with E-state index in [9.17, 15) is 0 Å². The van der Waals surface area contributed by atoms with Crippen LogP contribution < -0.4 is 20.5 Å². The summed E-state index contributed by atoms with van der Waals surface area (Å²) in [5.74, 6) is 1.81. The van der Waals surface area contributed by atoms with Gasteiger partial charge in [0.05, 0.1) is 19.8 Å². The predicted molar refractivity (Wildman–Crippen MR) is 97.2 cm³/mol. The Labute approximate surface area is 146 Å². The van der Waals surface area contributed by atoms with E-state index in [1.165, 1.54) is 0 Å². The van der Waals surface area contributed by atoms with Crippen molar-refractivity contribution >= 4 is 23.2 Å². The van der Waals surface area contributed by atoms with Crippen LogP contribution in [-0.4, -0.2) is 19.2 Å². The van der Waals surface area contributed by atoms with Gasteiger partial charge in [-0.15, -0.1) is 0 Å². The van der Waals surface area contributed by atoms with Gasteiger partial charge in [-0.2, -0.15) is 0 Å². The van der Waals surface area contributed by atoms with Crippen molar-refractivity contribution < 1.29 is 9.47 Å². The van der Waals surface area contributed by atoms with Gasteiger partial charge in [-0.05, 0) is 42.3 Å². The lowest BCUT2D eigenvalue weighted by atomic mass is 10.1. The van der Waals surface area contributed by atoms with Crippen molar-refractivity contribution in [1.29, 1.82) is 0 Å². The van der Waals surface area contributed by atoms with Gasteiger partial charge < -0.3 is 20.5 Å². The molecule has 0 radical (unpaired) electrons. The highest BCUT2D eigenvalue weighted by Gasteiger charge is 2.10. The molecule has 3 rings (SSSR count). The second-order valence-electron chi connectivity index (χ2n) is 5.61. The minimum Gasteiger partial charge on any atom is -0.490 e. The summed E-state index contributed by atoms with van der Waals surface area (Å²) < 4.78 is 11.3. The summed E-state index contributed by atoms with van der Waals surface area (Å²) in [4.78, 5) is 4.37. The smallest absolute Gasteiger partial charge is 0.193 e. The van der Waals surface area contributed by atoms with Gasteiger partial charge in [0.15, 0.2) is 17.5 Å². The Kier molecular flexibility index (Phi) is 5.11. The molecule has 1 aliphatic rings. The Morgan fingerprint density at radius 2 is 1.96 bits per heavy atom. The number of hydrogen-bond acceptors (Lipinski definition) is 3. The maximum atomic E-state index is 6.02. The summed E-state index contributed by atoms with van der Waals surface area (Å²) in [6.45, 7) is 3.81. The molecule has 0 fully saturated rings. The molecule has 0 spiro atoms. The molecule has 2 aromatic rings. The number of halogens is 1. The van der Waals surface area contributed by atoms with Crippen LogP contribution in [0.4, 0.5) is 5.69 Å². The molecular weight excluding hydrogens is 326 g/mol. The fraction of sp³-hybridized carbons (Fsp3) is 0.278. The van der Waals surface area contributed by atoms with E-state index in [0.29, 0.717) is 30.7 Å². The summed E-state index contributed by atoms with van der Waals surface area (Å²) in [5, 5.41) is 3.77. The topological polar surface area (TPSA) is 68.9 Å². The van der Waals surface area contributed by atoms with E-state index >= 15 is 0 Å². The van der Waals surface area contributed by atoms with Gasteiger partial charge in [-0.3, -0.25) is 0 Å². The van der Waals surface area contributed by atoms with E-state index in [4.69, 9.17) is 26.8 Å². The first-order chi connectivity index (χ1) is 11.6. The number of ether oxygens (including phenoxy) is 2. The molecule has 0 atom stereocenters. The van der Waals surface area contributed by atoms with Crippen LogP contribution >= 0.6 is 11.6 Å². The zero-order valence-electron chi connectivity index (χ0n) is 13.5. The molecule has 126 valence electrons. The Balaban J connectivity index is 1.69. The first-order valence-corrected chi connectivity index (χ1v) is 8.21. The first kappa shape index (κ1) is 16.5. The molecular formula is C18H20ClN3O2.